The molecule has 1 heterocycles. The van der Waals surface area contributed by atoms with E-state index in [1.54, 1.807) is 6.92 Å². The molecule has 1 aliphatic carbocycles. The van der Waals surface area contributed by atoms with Crippen molar-refractivity contribution in [3.05, 3.63) is 41.5 Å². The van der Waals surface area contributed by atoms with Crippen LogP contribution >= 0.6 is 0 Å². The van der Waals surface area contributed by atoms with Crippen molar-refractivity contribution in [2.75, 3.05) is 13.1 Å². The van der Waals surface area contributed by atoms with Gasteiger partial charge in [-0.1, -0.05) is 30.3 Å². The van der Waals surface area contributed by atoms with E-state index in [0.717, 1.165) is 18.4 Å². The Balaban J connectivity index is 1.87. The van der Waals surface area contributed by atoms with Crippen molar-refractivity contribution in [1.29, 1.82) is 0 Å². The van der Waals surface area contributed by atoms with Gasteiger partial charge in [0.1, 0.15) is 5.60 Å². The fraction of sp³-hybridized carbons (Fsp3) is 0.565. The van der Waals surface area contributed by atoms with E-state index in [1.807, 2.05) is 45.6 Å². The summed E-state index contributed by atoms with van der Waals surface area (Å²) in [5.41, 5.74) is 2.62. The van der Waals surface area contributed by atoms with Crippen LogP contribution in [0.2, 0.25) is 0 Å². The number of hydrogen-bond acceptors (Lipinski definition) is 3. The Labute approximate surface area is 168 Å². The number of nitrogens with one attached hydrogen (secondary N) is 1. The minimum Gasteiger partial charge on any atom is -0.444 e. The van der Waals surface area contributed by atoms with Crippen LogP contribution in [0.1, 0.15) is 65.5 Å². The summed E-state index contributed by atoms with van der Waals surface area (Å²) in [5.74, 6) is -0.0379. The predicted octanol–water partition coefficient (Wildman–Crippen LogP) is 4.27. The zero-order chi connectivity index (χ0) is 20.7. The first-order valence-electron chi connectivity index (χ1n) is 10.0. The second-order valence-electron chi connectivity index (χ2n) is 9.53. The standard InChI is InChI=1S/C23H32N2O3/c1-16(26)24-22(5,6)19-15-23(18-10-8-7-9-17(18)19)11-13-25(14-12-23)20(27)28-21(2,3)4/h7-10,15H,11-14H2,1-6H3,(H,24,26). The van der Waals surface area contributed by atoms with Gasteiger partial charge in [0.25, 0.3) is 0 Å². The molecule has 3 rings (SSSR count). The van der Waals surface area contributed by atoms with Crippen molar-refractivity contribution in [1.82, 2.24) is 10.2 Å². The summed E-state index contributed by atoms with van der Waals surface area (Å²) in [4.78, 5) is 26.0. The third kappa shape index (κ3) is 3.94. The SMILES string of the molecule is CC(=O)NC(C)(C)C1=CC2(CCN(C(=O)OC(C)(C)C)CC2)c2ccccc21. The Hall–Kier alpha value is -2.30. The monoisotopic (exact) mass is 384 g/mol. The lowest BCUT2D eigenvalue weighted by atomic mass is 9.74. The van der Waals surface area contributed by atoms with Crippen LogP contribution in [0.3, 0.4) is 0 Å². The molecule has 0 saturated carbocycles. The van der Waals surface area contributed by atoms with Gasteiger partial charge in [0.15, 0.2) is 0 Å². The number of rotatable bonds is 2. The number of likely N-dealkylation sites (tertiary alicyclic amines) is 1. The summed E-state index contributed by atoms with van der Waals surface area (Å²) in [6.45, 7) is 12.6. The van der Waals surface area contributed by atoms with Gasteiger partial charge in [-0.15, -0.1) is 0 Å². The van der Waals surface area contributed by atoms with Gasteiger partial charge < -0.3 is 15.0 Å². The number of piperidine rings is 1. The number of carbonyl (C=O) groups is 2. The molecular weight excluding hydrogens is 352 g/mol. The van der Waals surface area contributed by atoms with Gasteiger partial charge in [-0.05, 0) is 64.2 Å². The maximum Gasteiger partial charge on any atom is 0.410 e. The van der Waals surface area contributed by atoms with Gasteiger partial charge in [0, 0.05) is 25.4 Å². The molecule has 1 aromatic carbocycles. The van der Waals surface area contributed by atoms with Gasteiger partial charge in [-0.3, -0.25) is 4.79 Å². The summed E-state index contributed by atoms with van der Waals surface area (Å²) in [6.07, 6.45) is 3.79. The van der Waals surface area contributed by atoms with E-state index in [0.29, 0.717) is 13.1 Å². The summed E-state index contributed by atoms with van der Waals surface area (Å²) >= 11 is 0. The lowest BCUT2D eigenvalue weighted by molar-refractivity contribution is -0.119. The lowest BCUT2D eigenvalue weighted by Gasteiger charge is -2.39. The highest BCUT2D eigenvalue weighted by Gasteiger charge is 2.44. The van der Waals surface area contributed by atoms with E-state index < -0.39 is 11.1 Å². The molecule has 0 atom stereocenters. The van der Waals surface area contributed by atoms with Gasteiger partial charge in [0.05, 0.1) is 5.54 Å². The maximum absolute atomic E-state index is 12.4. The number of ether oxygens (including phenoxy) is 1. The molecular formula is C23H32N2O3. The summed E-state index contributed by atoms with van der Waals surface area (Å²) < 4.78 is 5.54. The molecule has 1 spiro atoms. The molecule has 1 saturated heterocycles. The van der Waals surface area contributed by atoms with Gasteiger partial charge in [0.2, 0.25) is 5.91 Å². The van der Waals surface area contributed by atoms with E-state index >= 15 is 0 Å². The molecule has 0 unspecified atom stereocenters. The largest absolute Gasteiger partial charge is 0.444 e. The van der Waals surface area contributed by atoms with Crippen molar-refractivity contribution >= 4 is 17.6 Å². The van der Waals surface area contributed by atoms with Crippen LogP contribution in [0.4, 0.5) is 4.79 Å². The minimum atomic E-state index is -0.484. The summed E-state index contributed by atoms with van der Waals surface area (Å²) in [5, 5.41) is 3.08. The molecule has 1 aromatic rings. The molecule has 2 aliphatic rings. The molecule has 1 N–H and O–H groups in total. The van der Waals surface area contributed by atoms with Crippen LogP contribution < -0.4 is 5.32 Å². The Morgan fingerprint density at radius 2 is 1.68 bits per heavy atom. The van der Waals surface area contributed by atoms with Crippen LogP contribution in [-0.2, 0) is 14.9 Å². The van der Waals surface area contributed by atoms with Gasteiger partial charge in [-0.2, -0.15) is 0 Å². The normalized spacial score (nSPS) is 18.5. The number of nitrogens with zero attached hydrogens (tertiary/aromatic N) is 1. The van der Waals surface area contributed by atoms with E-state index in [-0.39, 0.29) is 17.4 Å². The quantitative estimate of drug-likeness (QED) is 0.828. The second kappa shape index (κ2) is 6.94. The molecule has 152 valence electrons. The van der Waals surface area contributed by atoms with E-state index in [4.69, 9.17) is 4.74 Å². The van der Waals surface area contributed by atoms with Crippen LogP contribution in [-0.4, -0.2) is 41.1 Å². The number of fused-ring (bicyclic) bond motifs is 2. The van der Waals surface area contributed by atoms with Gasteiger partial charge in [-0.25, -0.2) is 4.79 Å². The first-order chi connectivity index (χ1) is 12.9. The summed E-state index contributed by atoms with van der Waals surface area (Å²) in [6, 6.07) is 8.44. The first kappa shape index (κ1) is 20.4. The highest BCUT2D eigenvalue weighted by Crippen LogP contribution is 2.49. The number of allylic oxidation sites excluding steroid dienone is 1. The first-order valence-corrected chi connectivity index (χ1v) is 10.0. The number of benzene rings is 1. The van der Waals surface area contributed by atoms with E-state index in [2.05, 4.69) is 29.6 Å². The zero-order valence-electron chi connectivity index (χ0n) is 17.9. The predicted molar refractivity (Wildman–Crippen MR) is 111 cm³/mol. The van der Waals surface area contributed by atoms with Crippen molar-refractivity contribution < 1.29 is 14.3 Å². The Morgan fingerprint density at radius 1 is 1.07 bits per heavy atom. The molecule has 5 heteroatoms. The van der Waals surface area contributed by atoms with Crippen LogP contribution in [0.25, 0.3) is 5.57 Å². The van der Waals surface area contributed by atoms with Crippen molar-refractivity contribution in [2.45, 2.75) is 70.9 Å². The molecule has 0 aromatic heterocycles. The lowest BCUT2D eigenvalue weighted by Crippen LogP contribution is -2.46. The van der Waals surface area contributed by atoms with Crippen LogP contribution in [0, 0.1) is 0 Å². The fourth-order valence-electron chi connectivity index (χ4n) is 4.44. The maximum atomic E-state index is 12.4. The topological polar surface area (TPSA) is 58.6 Å². The number of amides is 2. The molecule has 2 amide bonds. The molecule has 0 bridgehead atoms. The average molecular weight is 385 g/mol. The Morgan fingerprint density at radius 3 is 2.25 bits per heavy atom. The third-order valence-electron chi connectivity index (χ3n) is 5.64. The van der Waals surface area contributed by atoms with Crippen molar-refractivity contribution in [3.8, 4) is 0 Å². The second-order valence-corrected chi connectivity index (χ2v) is 9.53. The number of carbonyl (C=O) groups excluding carboxylic acids is 2. The molecule has 28 heavy (non-hydrogen) atoms. The highest BCUT2D eigenvalue weighted by atomic mass is 16.6. The highest BCUT2D eigenvalue weighted by molar-refractivity contribution is 5.86. The molecule has 1 aliphatic heterocycles. The third-order valence-corrected chi connectivity index (χ3v) is 5.64. The zero-order valence-corrected chi connectivity index (χ0v) is 17.9. The summed E-state index contributed by atoms with van der Waals surface area (Å²) in [7, 11) is 0. The van der Waals surface area contributed by atoms with Crippen LogP contribution in [0.15, 0.2) is 30.3 Å². The van der Waals surface area contributed by atoms with Crippen LogP contribution in [0.5, 0.6) is 0 Å². The molecule has 1 fully saturated rings. The van der Waals surface area contributed by atoms with E-state index in [9.17, 15) is 9.59 Å². The number of hydrogen-bond donors (Lipinski definition) is 1. The van der Waals surface area contributed by atoms with Crippen molar-refractivity contribution in [3.63, 3.8) is 0 Å². The minimum absolute atomic E-state index is 0.0379. The average Bonchev–Trinajstić information content (AvgIpc) is 2.89. The molecule has 5 nitrogen and oxygen atoms in total. The fourth-order valence-corrected chi connectivity index (χ4v) is 4.44. The van der Waals surface area contributed by atoms with Gasteiger partial charge >= 0.3 is 6.09 Å². The Kier molecular flexibility index (Phi) is 5.07. The Bertz CT molecular complexity index is 809. The molecule has 0 radical (unpaired) electrons. The smallest absolute Gasteiger partial charge is 0.410 e. The van der Waals surface area contributed by atoms with Crippen molar-refractivity contribution in [2.24, 2.45) is 0 Å². The van der Waals surface area contributed by atoms with E-state index in [1.165, 1.54) is 11.1 Å².